The first-order valence-corrected chi connectivity index (χ1v) is 5.99. The van der Waals surface area contributed by atoms with E-state index in [1.165, 1.54) is 31.4 Å². The second kappa shape index (κ2) is 4.79. The van der Waals surface area contributed by atoms with Gasteiger partial charge in [0, 0.05) is 24.5 Å². The molecule has 2 unspecified atom stereocenters. The molecule has 1 aliphatic carbocycles. The minimum atomic E-state index is 0.697. The SMILES string of the molecule is Cc1ncc(CNC2CCCCC2C)[nH]1. The normalized spacial score (nSPS) is 26.8. The standard InChI is InChI=1S/C12H21N3/c1-9-5-3-4-6-12(9)14-8-11-7-13-10(2)15-11/h7,9,12,14H,3-6,8H2,1-2H3,(H,13,15). The maximum atomic E-state index is 4.20. The largest absolute Gasteiger partial charge is 0.345 e. The second-order valence-electron chi connectivity index (χ2n) is 4.74. The van der Waals surface area contributed by atoms with Gasteiger partial charge < -0.3 is 10.3 Å². The zero-order valence-corrected chi connectivity index (χ0v) is 9.71. The van der Waals surface area contributed by atoms with Gasteiger partial charge in [-0.1, -0.05) is 19.8 Å². The first-order valence-electron chi connectivity index (χ1n) is 5.99. The lowest BCUT2D eigenvalue weighted by atomic mass is 9.86. The molecule has 0 aromatic carbocycles. The molecule has 0 radical (unpaired) electrons. The average molecular weight is 207 g/mol. The van der Waals surface area contributed by atoms with Crippen LogP contribution in [-0.4, -0.2) is 16.0 Å². The number of hydrogen-bond acceptors (Lipinski definition) is 2. The molecule has 0 spiro atoms. The van der Waals surface area contributed by atoms with E-state index in [-0.39, 0.29) is 0 Å². The second-order valence-corrected chi connectivity index (χ2v) is 4.74. The van der Waals surface area contributed by atoms with E-state index in [1.807, 2.05) is 13.1 Å². The molecule has 84 valence electrons. The van der Waals surface area contributed by atoms with Gasteiger partial charge in [0.25, 0.3) is 0 Å². The summed E-state index contributed by atoms with van der Waals surface area (Å²) in [6.45, 7) is 5.28. The third-order valence-corrected chi connectivity index (χ3v) is 3.42. The molecule has 3 nitrogen and oxygen atoms in total. The van der Waals surface area contributed by atoms with E-state index in [2.05, 4.69) is 22.2 Å². The highest BCUT2D eigenvalue weighted by Gasteiger charge is 2.20. The molecule has 2 N–H and O–H groups in total. The Morgan fingerprint density at radius 2 is 2.27 bits per heavy atom. The predicted molar refractivity (Wildman–Crippen MR) is 61.6 cm³/mol. The number of aromatic nitrogens is 2. The summed E-state index contributed by atoms with van der Waals surface area (Å²) in [6, 6.07) is 0.697. The van der Waals surface area contributed by atoms with Crippen LogP contribution in [0.1, 0.15) is 44.1 Å². The molecule has 1 aromatic rings. The molecule has 15 heavy (non-hydrogen) atoms. The van der Waals surface area contributed by atoms with Crippen LogP contribution in [0.2, 0.25) is 0 Å². The summed E-state index contributed by atoms with van der Waals surface area (Å²) in [6.07, 6.45) is 7.41. The Balaban J connectivity index is 1.81. The van der Waals surface area contributed by atoms with E-state index in [4.69, 9.17) is 0 Å². The summed E-state index contributed by atoms with van der Waals surface area (Å²) < 4.78 is 0. The van der Waals surface area contributed by atoms with E-state index in [0.717, 1.165) is 18.3 Å². The molecule has 0 bridgehead atoms. The summed E-state index contributed by atoms with van der Waals surface area (Å²) in [4.78, 5) is 7.46. The number of hydrogen-bond donors (Lipinski definition) is 2. The number of aromatic amines is 1. The van der Waals surface area contributed by atoms with Gasteiger partial charge in [-0.15, -0.1) is 0 Å². The highest BCUT2D eigenvalue weighted by Crippen LogP contribution is 2.23. The van der Waals surface area contributed by atoms with Crippen LogP contribution >= 0.6 is 0 Å². The molecule has 0 aliphatic heterocycles. The van der Waals surface area contributed by atoms with E-state index in [1.54, 1.807) is 0 Å². The molecule has 2 rings (SSSR count). The van der Waals surface area contributed by atoms with E-state index < -0.39 is 0 Å². The number of imidazole rings is 1. The van der Waals surface area contributed by atoms with Crippen molar-refractivity contribution in [2.75, 3.05) is 0 Å². The quantitative estimate of drug-likeness (QED) is 0.799. The minimum Gasteiger partial charge on any atom is -0.345 e. The Morgan fingerprint density at radius 1 is 1.47 bits per heavy atom. The maximum Gasteiger partial charge on any atom is 0.103 e. The van der Waals surface area contributed by atoms with Crippen LogP contribution in [0.3, 0.4) is 0 Å². The number of nitrogens with zero attached hydrogens (tertiary/aromatic N) is 1. The number of nitrogens with one attached hydrogen (secondary N) is 2. The molecule has 2 atom stereocenters. The van der Waals surface area contributed by atoms with Crippen molar-refractivity contribution in [1.82, 2.24) is 15.3 Å². The van der Waals surface area contributed by atoms with E-state index in [9.17, 15) is 0 Å². The summed E-state index contributed by atoms with van der Waals surface area (Å²) in [7, 11) is 0. The topological polar surface area (TPSA) is 40.7 Å². The lowest BCUT2D eigenvalue weighted by molar-refractivity contribution is 0.279. The number of rotatable bonds is 3. The summed E-state index contributed by atoms with van der Waals surface area (Å²) in [5.41, 5.74) is 1.20. The molecule has 1 aromatic heterocycles. The zero-order chi connectivity index (χ0) is 10.7. The molecule has 0 amide bonds. The Kier molecular flexibility index (Phi) is 3.41. The maximum absolute atomic E-state index is 4.20. The van der Waals surface area contributed by atoms with Gasteiger partial charge >= 0.3 is 0 Å². The lowest BCUT2D eigenvalue weighted by Crippen LogP contribution is -2.36. The molecule has 1 fully saturated rings. The van der Waals surface area contributed by atoms with Crippen molar-refractivity contribution >= 4 is 0 Å². The highest BCUT2D eigenvalue weighted by atomic mass is 15.0. The van der Waals surface area contributed by atoms with Crippen molar-refractivity contribution in [2.24, 2.45) is 5.92 Å². The van der Waals surface area contributed by atoms with Crippen molar-refractivity contribution in [3.8, 4) is 0 Å². The molecule has 3 heteroatoms. The van der Waals surface area contributed by atoms with Crippen LogP contribution in [0.25, 0.3) is 0 Å². The third kappa shape index (κ3) is 2.81. The van der Waals surface area contributed by atoms with Crippen LogP contribution in [0.5, 0.6) is 0 Å². The van der Waals surface area contributed by atoms with Crippen molar-refractivity contribution in [3.05, 3.63) is 17.7 Å². The Morgan fingerprint density at radius 3 is 2.93 bits per heavy atom. The molecule has 1 aliphatic rings. The first-order chi connectivity index (χ1) is 7.25. The lowest BCUT2D eigenvalue weighted by Gasteiger charge is -2.29. The zero-order valence-electron chi connectivity index (χ0n) is 9.71. The van der Waals surface area contributed by atoms with Gasteiger partial charge in [0.2, 0.25) is 0 Å². The van der Waals surface area contributed by atoms with Gasteiger partial charge in [-0.25, -0.2) is 4.98 Å². The van der Waals surface area contributed by atoms with Crippen LogP contribution < -0.4 is 5.32 Å². The molecule has 1 saturated carbocycles. The highest BCUT2D eigenvalue weighted by molar-refractivity contribution is 4.99. The van der Waals surface area contributed by atoms with Gasteiger partial charge in [0.1, 0.15) is 5.82 Å². The summed E-state index contributed by atoms with van der Waals surface area (Å²) in [5, 5.41) is 3.63. The fourth-order valence-corrected chi connectivity index (χ4v) is 2.42. The van der Waals surface area contributed by atoms with Gasteiger partial charge in [-0.2, -0.15) is 0 Å². The summed E-state index contributed by atoms with van der Waals surface area (Å²) >= 11 is 0. The fourth-order valence-electron chi connectivity index (χ4n) is 2.42. The third-order valence-electron chi connectivity index (χ3n) is 3.42. The van der Waals surface area contributed by atoms with Crippen molar-refractivity contribution < 1.29 is 0 Å². The average Bonchev–Trinajstić information content (AvgIpc) is 2.63. The van der Waals surface area contributed by atoms with Crippen molar-refractivity contribution in [3.63, 3.8) is 0 Å². The fraction of sp³-hybridized carbons (Fsp3) is 0.750. The van der Waals surface area contributed by atoms with E-state index >= 15 is 0 Å². The van der Waals surface area contributed by atoms with Crippen LogP contribution in [0.15, 0.2) is 6.20 Å². The minimum absolute atomic E-state index is 0.697. The van der Waals surface area contributed by atoms with Gasteiger partial charge in [-0.05, 0) is 25.7 Å². The monoisotopic (exact) mass is 207 g/mol. The Bertz CT molecular complexity index is 306. The van der Waals surface area contributed by atoms with Crippen LogP contribution in [-0.2, 0) is 6.54 Å². The smallest absolute Gasteiger partial charge is 0.103 e. The Hall–Kier alpha value is -0.830. The van der Waals surface area contributed by atoms with Gasteiger partial charge in [0.15, 0.2) is 0 Å². The molecular weight excluding hydrogens is 186 g/mol. The Labute approximate surface area is 91.7 Å². The van der Waals surface area contributed by atoms with Crippen molar-refractivity contribution in [2.45, 2.75) is 52.1 Å². The molecule has 0 saturated heterocycles. The van der Waals surface area contributed by atoms with Gasteiger partial charge in [0.05, 0.1) is 0 Å². The van der Waals surface area contributed by atoms with Crippen LogP contribution in [0, 0.1) is 12.8 Å². The number of H-pyrrole nitrogens is 1. The first kappa shape index (κ1) is 10.7. The molecule has 1 heterocycles. The van der Waals surface area contributed by atoms with Crippen LogP contribution in [0.4, 0.5) is 0 Å². The molecular formula is C12H21N3. The summed E-state index contributed by atoms with van der Waals surface area (Å²) in [5.74, 6) is 1.83. The van der Waals surface area contributed by atoms with Gasteiger partial charge in [-0.3, -0.25) is 0 Å². The predicted octanol–water partition coefficient (Wildman–Crippen LogP) is 2.39. The van der Waals surface area contributed by atoms with Crippen molar-refractivity contribution in [1.29, 1.82) is 0 Å². The number of aryl methyl sites for hydroxylation is 1. The van der Waals surface area contributed by atoms with E-state index in [0.29, 0.717) is 6.04 Å².